The van der Waals surface area contributed by atoms with Crippen LogP contribution in [0.4, 0.5) is 0 Å². The first-order chi connectivity index (χ1) is 13.6. The molecule has 4 rings (SSSR count). The van der Waals surface area contributed by atoms with Crippen molar-refractivity contribution in [1.29, 1.82) is 0 Å². The SMILES string of the molecule is O=C(NCCOc1ccc(Cl)cc1)c1nnn(-c2ccc(Br)cc2)c1C1CC1. The van der Waals surface area contributed by atoms with Crippen LogP contribution in [-0.4, -0.2) is 34.1 Å². The Labute approximate surface area is 176 Å². The molecule has 1 amide bonds. The third-order valence-corrected chi connectivity index (χ3v) is 5.21. The Kier molecular flexibility index (Phi) is 5.64. The maximum Gasteiger partial charge on any atom is 0.273 e. The van der Waals surface area contributed by atoms with Gasteiger partial charge in [0.25, 0.3) is 5.91 Å². The van der Waals surface area contributed by atoms with Crippen LogP contribution < -0.4 is 10.1 Å². The highest BCUT2D eigenvalue weighted by atomic mass is 79.9. The minimum Gasteiger partial charge on any atom is -0.492 e. The predicted molar refractivity (Wildman–Crippen MR) is 110 cm³/mol. The third-order valence-electron chi connectivity index (χ3n) is 4.43. The number of nitrogens with zero attached hydrogens (tertiary/aromatic N) is 3. The van der Waals surface area contributed by atoms with Crippen molar-refractivity contribution in [2.75, 3.05) is 13.2 Å². The molecule has 0 radical (unpaired) electrons. The van der Waals surface area contributed by atoms with Crippen LogP contribution >= 0.6 is 27.5 Å². The third kappa shape index (κ3) is 4.36. The van der Waals surface area contributed by atoms with E-state index < -0.39 is 0 Å². The molecule has 1 N–H and O–H groups in total. The molecule has 0 saturated heterocycles. The molecule has 28 heavy (non-hydrogen) atoms. The molecule has 1 aliphatic carbocycles. The average Bonchev–Trinajstić information content (AvgIpc) is 3.45. The van der Waals surface area contributed by atoms with Crippen LogP contribution in [0.2, 0.25) is 5.02 Å². The number of ether oxygens (including phenoxy) is 1. The molecule has 0 atom stereocenters. The average molecular weight is 462 g/mol. The first kappa shape index (κ1) is 19.0. The lowest BCUT2D eigenvalue weighted by atomic mass is 10.2. The molecule has 0 spiro atoms. The van der Waals surface area contributed by atoms with Gasteiger partial charge in [-0.15, -0.1) is 5.10 Å². The van der Waals surface area contributed by atoms with Gasteiger partial charge in [-0.1, -0.05) is 32.7 Å². The minimum absolute atomic E-state index is 0.232. The topological polar surface area (TPSA) is 69.0 Å². The van der Waals surface area contributed by atoms with E-state index >= 15 is 0 Å². The van der Waals surface area contributed by atoms with Gasteiger partial charge < -0.3 is 10.1 Å². The van der Waals surface area contributed by atoms with Gasteiger partial charge in [-0.2, -0.15) is 0 Å². The molecule has 2 aromatic carbocycles. The van der Waals surface area contributed by atoms with Crippen molar-refractivity contribution < 1.29 is 9.53 Å². The fraction of sp³-hybridized carbons (Fsp3) is 0.250. The number of amides is 1. The molecule has 0 unspecified atom stereocenters. The highest BCUT2D eigenvalue weighted by Gasteiger charge is 2.34. The highest BCUT2D eigenvalue weighted by molar-refractivity contribution is 9.10. The summed E-state index contributed by atoms with van der Waals surface area (Å²) in [5, 5.41) is 11.9. The number of halogens is 2. The van der Waals surface area contributed by atoms with Crippen LogP contribution in [-0.2, 0) is 0 Å². The Morgan fingerprint density at radius 1 is 1.18 bits per heavy atom. The Morgan fingerprint density at radius 2 is 1.89 bits per heavy atom. The van der Waals surface area contributed by atoms with Gasteiger partial charge in [-0.05, 0) is 61.4 Å². The summed E-state index contributed by atoms with van der Waals surface area (Å²) < 4.78 is 8.36. The van der Waals surface area contributed by atoms with Gasteiger partial charge in [0, 0.05) is 15.4 Å². The Bertz CT molecular complexity index is 969. The fourth-order valence-electron chi connectivity index (χ4n) is 2.89. The summed E-state index contributed by atoms with van der Waals surface area (Å²) in [6.07, 6.45) is 2.09. The number of nitrogens with one attached hydrogen (secondary N) is 1. The molecule has 1 heterocycles. The predicted octanol–water partition coefficient (Wildman–Crippen LogP) is 4.37. The van der Waals surface area contributed by atoms with Gasteiger partial charge in [0.1, 0.15) is 12.4 Å². The Morgan fingerprint density at radius 3 is 2.57 bits per heavy atom. The fourth-order valence-corrected chi connectivity index (χ4v) is 3.29. The normalized spacial score (nSPS) is 13.4. The largest absolute Gasteiger partial charge is 0.492 e. The van der Waals surface area contributed by atoms with Crippen LogP contribution in [0.25, 0.3) is 5.69 Å². The van der Waals surface area contributed by atoms with E-state index in [0.29, 0.717) is 35.5 Å². The smallest absolute Gasteiger partial charge is 0.273 e. The zero-order valence-electron chi connectivity index (χ0n) is 14.9. The molecule has 3 aromatic rings. The van der Waals surface area contributed by atoms with Crippen LogP contribution in [0.15, 0.2) is 53.0 Å². The van der Waals surface area contributed by atoms with E-state index in [9.17, 15) is 4.79 Å². The van der Waals surface area contributed by atoms with E-state index in [1.807, 2.05) is 24.3 Å². The van der Waals surface area contributed by atoms with Crippen LogP contribution in [0.3, 0.4) is 0 Å². The second-order valence-corrected chi connectivity index (χ2v) is 7.90. The molecular weight excluding hydrogens is 444 g/mol. The maximum absolute atomic E-state index is 12.6. The summed E-state index contributed by atoms with van der Waals surface area (Å²) in [5.74, 6) is 0.799. The molecule has 8 heteroatoms. The summed E-state index contributed by atoms with van der Waals surface area (Å²) in [6, 6.07) is 14.9. The van der Waals surface area contributed by atoms with Crippen molar-refractivity contribution in [2.45, 2.75) is 18.8 Å². The van der Waals surface area contributed by atoms with E-state index in [0.717, 1.165) is 28.7 Å². The van der Waals surface area contributed by atoms with Gasteiger partial charge in [-0.3, -0.25) is 4.79 Å². The van der Waals surface area contributed by atoms with Crippen molar-refractivity contribution in [2.24, 2.45) is 0 Å². The number of carbonyl (C=O) groups is 1. The van der Waals surface area contributed by atoms with E-state index in [1.54, 1.807) is 28.9 Å². The van der Waals surface area contributed by atoms with Crippen molar-refractivity contribution in [3.05, 3.63) is 69.4 Å². The van der Waals surface area contributed by atoms with Gasteiger partial charge in [0.2, 0.25) is 0 Å². The number of hydrogen-bond donors (Lipinski definition) is 1. The van der Waals surface area contributed by atoms with Crippen molar-refractivity contribution in [3.63, 3.8) is 0 Å². The minimum atomic E-state index is -0.232. The first-order valence-corrected chi connectivity index (χ1v) is 10.2. The van der Waals surface area contributed by atoms with Crippen molar-refractivity contribution in [1.82, 2.24) is 20.3 Å². The van der Waals surface area contributed by atoms with Crippen LogP contribution in [0.5, 0.6) is 5.75 Å². The lowest BCUT2D eigenvalue weighted by Crippen LogP contribution is -2.29. The van der Waals surface area contributed by atoms with Gasteiger partial charge >= 0.3 is 0 Å². The molecule has 6 nitrogen and oxygen atoms in total. The van der Waals surface area contributed by atoms with Gasteiger partial charge in [0.05, 0.1) is 17.9 Å². The second-order valence-electron chi connectivity index (χ2n) is 6.54. The number of aromatic nitrogens is 3. The lowest BCUT2D eigenvalue weighted by molar-refractivity contribution is 0.0941. The van der Waals surface area contributed by atoms with Crippen LogP contribution in [0.1, 0.15) is 34.9 Å². The molecule has 1 aliphatic rings. The van der Waals surface area contributed by atoms with Crippen LogP contribution in [0, 0.1) is 0 Å². The summed E-state index contributed by atoms with van der Waals surface area (Å²) in [7, 11) is 0. The number of rotatable bonds is 7. The Hall–Kier alpha value is -2.38. The number of benzene rings is 2. The molecule has 144 valence electrons. The monoisotopic (exact) mass is 460 g/mol. The molecule has 1 fully saturated rings. The summed E-state index contributed by atoms with van der Waals surface area (Å²) >= 11 is 9.29. The first-order valence-electron chi connectivity index (χ1n) is 9.00. The van der Waals surface area contributed by atoms with E-state index in [-0.39, 0.29) is 5.91 Å². The maximum atomic E-state index is 12.6. The summed E-state index contributed by atoms with van der Waals surface area (Å²) in [6.45, 7) is 0.726. The van der Waals surface area contributed by atoms with Crippen molar-refractivity contribution >= 4 is 33.4 Å². The Balaban J connectivity index is 1.41. The molecular formula is C20H18BrClN4O2. The number of hydrogen-bond acceptors (Lipinski definition) is 4. The van der Waals surface area contributed by atoms with Gasteiger partial charge in [0.15, 0.2) is 5.69 Å². The molecule has 1 saturated carbocycles. The standard InChI is InChI=1S/C20H18BrClN4O2/c21-14-3-7-16(8-4-14)26-19(13-1-2-13)18(24-25-26)20(27)23-11-12-28-17-9-5-15(22)6-10-17/h3-10,13H,1-2,11-12H2,(H,23,27). The van der Waals surface area contributed by atoms with E-state index in [2.05, 4.69) is 31.6 Å². The zero-order chi connectivity index (χ0) is 19.5. The van der Waals surface area contributed by atoms with E-state index in [4.69, 9.17) is 16.3 Å². The highest BCUT2D eigenvalue weighted by Crippen LogP contribution is 2.42. The number of carbonyl (C=O) groups excluding carboxylic acids is 1. The lowest BCUT2D eigenvalue weighted by Gasteiger charge is -2.09. The van der Waals surface area contributed by atoms with Crippen molar-refractivity contribution in [3.8, 4) is 11.4 Å². The summed E-state index contributed by atoms with van der Waals surface area (Å²) in [5.41, 5.74) is 2.15. The summed E-state index contributed by atoms with van der Waals surface area (Å²) in [4.78, 5) is 12.6. The van der Waals surface area contributed by atoms with E-state index in [1.165, 1.54) is 0 Å². The quantitative estimate of drug-likeness (QED) is 0.531. The zero-order valence-corrected chi connectivity index (χ0v) is 17.3. The van der Waals surface area contributed by atoms with Gasteiger partial charge in [-0.25, -0.2) is 4.68 Å². The molecule has 1 aromatic heterocycles. The second kappa shape index (κ2) is 8.32. The molecule has 0 aliphatic heterocycles. The molecule has 0 bridgehead atoms.